The summed E-state index contributed by atoms with van der Waals surface area (Å²) in [5.74, 6) is -0.287. The van der Waals surface area contributed by atoms with Crippen LogP contribution in [0.25, 0.3) is 0 Å². The van der Waals surface area contributed by atoms with E-state index < -0.39 is 5.97 Å². The van der Waals surface area contributed by atoms with Crippen LogP contribution >= 0.6 is 39.3 Å². The summed E-state index contributed by atoms with van der Waals surface area (Å²) in [5.41, 5.74) is 1.29. The van der Waals surface area contributed by atoms with E-state index in [4.69, 9.17) is 16.7 Å². The van der Waals surface area contributed by atoms with Crippen LogP contribution in [0.15, 0.2) is 45.9 Å². The molecule has 1 aromatic carbocycles. The van der Waals surface area contributed by atoms with Crippen LogP contribution in [0.1, 0.15) is 15.9 Å². The minimum atomic E-state index is -0.927. The van der Waals surface area contributed by atoms with Gasteiger partial charge >= 0.3 is 5.97 Å². The van der Waals surface area contributed by atoms with Crippen LogP contribution in [0.3, 0.4) is 0 Å². The first kappa shape index (κ1) is 14.4. The molecule has 98 valence electrons. The van der Waals surface area contributed by atoms with Gasteiger partial charge < -0.3 is 5.11 Å². The van der Waals surface area contributed by atoms with E-state index in [2.05, 4.69) is 20.9 Å². The minimum Gasteiger partial charge on any atom is -0.478 e. The van der Waals surface area contributed by atoms with Gasteiger partial charge in [-0.05, 0) is 29.8 Å². The van der Waals surface area contributed by atoms with Crippen molar-refractivity contribution in [2.75, 3.05) is 0 Å². The summed E-state index contributed by atoms with van der Waals surface area (Å²) in [6, 6.07) is 8.71. The number of hydrogen-bond donors (Lipinski definition) is 1. The third kappa shape index (κ3) is 3.96. The number of halogens is 2. The fourth-order valence-corrected chi connectivity index (χ4v) is 3.08. The van der Waals surface area contributed by atoms with E-state index in [9.17, 15) is 4.79 Å². The van der Waals surface area contributed by atoms with Crippen LogP contribution in [0, 0.1) is 0 Å². The molecule has 0 bridgehead atoms. The number of carboxylic acid groups (broad SMARTS) is 1. The summed E-state index contributed by atoms with van der Waals surface area (Å²) in [6.07, 6.45) is 1.69. The number of carboxylic acids is 1. The molecule has 0 aliphatic heterocycles. The highest BCUT2D eigenvalue weighted by Gasteiger charge is 2.11. The summed E-state index contributed by atoms with van der Waals surface area (Å²) < 4.78 is 0.856. The highest BCUT2D eigenvalue weighted by atomic mass is 79.9. The summed E-state index contributed by atoms with van der Waals surface area (Å²) in [4.78, 5) is 15.8. The third-order valence-electron chi connectivity index (χ3n) is 2.36. The van der Waals surface area contributed by atoms with Gasteiger partial charge in [0.25, 0.3) is 0 Å². The van der Waals surface area contributed by atoms with E-state index in [-0.39, 0.29) is 0 Å². The number of benzene rings is 1. The SMILES string of the molecule is O=C(O)c1ccc(Br)cc1SCc1ccc(Cl)nc1. The molecule has 0 unspecified atom stereocenters. The van der Waals surface area contributed by atoms with Gasteiger partial charge in [-0.25, -0.2) is 9.78 Å². The van der Waals surface area contributed by atoms with Crippen molar-refractivity contribution in [2.24, 2.45) is 0 Å². The second kappa shape index (κ2) is 6.41. The van der Waals surface area contributed by atoms with Gasteiger partial charge in [0, 0.05) is 21.3 Å². The molecular formula is C13H9BrClNO2S. The molecule has 6 heteroatoms. The van der Waals surface area contributed by atoms with E-state index in [0.29, 0.717) is 16.5 Å². The van der Waals surface area contributed by atoms with Gasteiger partial charge in [0.1, 0.15) is 5.15 Å². The number of hydrogen-bond acceptors (Lipinski definition) is 3. The summed E-state index contributed by atoms with van der Waals surface area (Å²) in [5, 5.41) is 9.58. The van der Waals surface area contributed by atoms with Crippen molar-refractivity contribution < 1.29 is 9.90 Å². The summed E-state index contributed by atoms with van der Waals surface area (Å²) >= 11 is 10.5. The maximum atomic E-state index is 11.1. The Bertz CT molecular complexity index is 604. The molecular weight excluding hydrogens is 350 g/mol. The maximum Gasteiger partial charge on any atom is 0.336 e. The standard InChI is InChI=1S/C13H9BrClNO2S/c14-9-2-3-10(13(17)18)11(5-9)19-7-8-1-4-12(15)16-6-8/h1-6H,7H2,(H,17,18). The predicted molar refractivity (Wildman–Crippen MR) is 79.9 cm³/mol. The lowest BCUT2D eigenvalue weighted by Crippen LogP contribution is -1.98. The Kier molecular flexibility index (Phi) is 4.85. The summed E-state index contributed by atoms with van der Waals surface area (Å²) in [7, 11) is 0. The van der Waals surface area contributed by atoms with Crippen molar-refractivity contribution in [1.29, 1.82) is 0 Å². The second-order valence-electron chi connectivity index (χ2n) is 3.72. The van der Waals surface area contributed by atoms with E-state index in [0.717, 1.165) is 14.9 Å². The molecule has 0 atom stereocenters. The Morgan fingerprint density at radius 1 is 1.37 bits per heavy atom. The van der Waals surface area contributed by atoms with Crippen LogP contribution in [-0.4, -0.2) is 16.1 Å². The number of thioether (sulfide) groups is 1. The van der Waals surface area contributed by atoms with Gasteiger partial charge in [-0.3, -0.25) is 0 Å². The fraction of sp³-hybridized carbons (Fsp3) is 0.0769. The number of aromatic nitrogens is 1. The average molecular weight is 359 g/mol. The van der Waals surface area contributed by atoms with Gasteiger partial charge in [-0.15, -0.1) is 11.8 Å². The molecule has 0 fully saturated rings. The second-order valence-corrected chi connectivity index (χ2v) is 6.04. The number of rotatable bonds is 4. The lowest BCUT2D eigenvalue weighted by molar-refractivity contribution is 0.0693. The lowest BCUT2D eigenvalue weighted by Gasteiger charge is -2.06. The fourth-order valence-electron chi connectivity index (χ4n) is 1.45. The highest BCUT2D eigenvalue weighted by molar-refractivity contribution is 9.10. The lowest BCUT2D eigenvalue weighted by atomic mass is 10.2. The van der Waals surface area contributed by atoms with Crippen LogP contribution in [-0.2, 0) is 5.75 Å². The molecule has 1 heterocycles. The molecule has 0 spiro atoms. The Morgan fingerprint density at radius 2 is 2.16 bits per heavy atom. The van der Waals surface area contributed by atoms with Gasteiger partial charge in [-0.1, -0.05) is 33.6 Å². The van der Waals surface area contributed by atoms with Gasteiger partial charge in [-0.2, -0.15) is 0 Å². The molecule has 19 heavy (non-hydrogen) atoms. The van der Waals surface area contributed by atoms with Crippen molar-refractivity contribution in [3.8, 4) is 0 Å². The Morgan fingerprint density at radius 3 is 2.79 bits per heavy atom. The molecule has 0 saturated carbocycles. The molecule has 3 nitrogen and oxygen atoms in total. The molecule has 0 radical (unpaired) electrons. The first-order valence-corrected chi connectivity index (χ1v) is 7.48. The highest BCUT2D eigenvalue weighted by Crippen LogP contribution is 2.29. The quantitative estimate of drug-likeness (QED) is 0.646. The van der Waals surface area contributed by atoms with Crippen molar-refractivity contribution in [2.45, 2.75) is 10.6 Å². The van der Waals surface area contributed by atoms with Crippen molar-refractivity contribution >= 4 is 45.3 Å². The monoisotopic (exact) mass is 357 g/mol. The van der Waals surface area contributed by atoms with Gasteiger partial charge in [0.2, 0.25) is 0 Å². The molecule has 0 saturated heterocycles. The molecule has 1 aromatic heterocycles. The van der Waals surface area contributed by atoms with E-state index >= 15 is 0 Å². The number of pyridine rings is 1. The minimum absolute atomic E-state index is 0.301. The molecule has 0 amide bonds. The zero-order valence-corrected chi connectivity index (χ0v) is 12.8. The molecule has 0 aliphatic rings. The topological polar surface area (TPSA) is 50.2 Å². The van der Waals surface area contributed by atoms with Crippen molar-refractivity contribution in [3.05, 3.63) is 57.3 Å². The summed E-state index contributed by atoms with van der Waals surface area (Å²) in [6.45, 7) is 0. The van der Waals surface area contributed by atoms with Gasteiger partial charge in [0.05, 0.1) is 5.56 Å². The predicted octanol–water partition coefficient (Wildman–Crippen LogP) is 4.49. The first-order valence-electron chi connectivity index (χ1n) is 5.32. The van der Waals surface area contributed by atoms with E-state index in [1.165, 1.54) is 11.8 Å². The zero-order valence-electron chi connectivity index (χ0n) is 9.64. The Labute approximate surface area is 128 Å². The van der Waals surface area contributed by atoms with Crippen LogP contribution in [0.4, 0.5) is 0 Å². The molecule has 2 rings (SSSR count). The first-order chi connectivity index (χ1) is 9.06. The van der Waals surface area contributed by atoms with Crippen LogP contribution < -0.4 is 0 Å². The van der Waals surface area contributed by atoms with Crippen molar-refractivity contribution in [1.82, 2.24) is 4.98 Å². The Balaban J connectivity index is 2.16. The number of aromatic carboxylic acids is 1. The normalized spacial score (nSPS) is 10.4. The van der Waals surface area contributed by atoms with Crippen molar-refractivity contribution in [3.63, 3.8) is 0 Å². The van der Waals surface area contributed by atoms with Crippen LogP contribution in [0.2, 0.25) is 5.15 Å². The number of nitrogens with zero attached hydrogens (tertiary/aromatic N) is 1. The van der Waals surface area contributed by atoms with E-state index in [1.807, 2.05) is 6.07 Å². The average Bonchev–Trinajstić information content (AvgIpc) is 2.38. The largest absolute Gasteiger partial charge is 0.478 e. The Hall–Kier alpha value is -1.04. The molecule has 1 N–H and O–H groups in total. The third-order valence-corrected chi connectivity index (χ3v) is 4.20. The molecule has 0 aliphatic carbocycles. The van der Waals surface area contributed by atoms with Gasteiger partial charge in [0.15, 0.2) is 0 Å². The molecule has 2 aromatic rings. The smallest absolute Gasteiger partial charge is 0.336 e. The maximum absolute atomic E-state index is 11.1. The van der Waals surface area contributed by atoms with Crippen LogP contribution in [0.5, 0.6) is 0 Å². The number of carbonyl (C=O) groups is 1. The van der Waals surface area contributed by atoms with E-state index in [1.54, 1.807) is 30.5 Å². The zero-order chi connectivity index (χ0) is 13.8.